The summed E-state index contributed by atoms with van der Waals surface area (Å²) >= 11 is 4.94. The van der Waals surface area contributed by atoms with Gasteiger partial charge in [0.05, 0.1) is 22.1 Å². The zero-order chi connectivity index (χ0) is 20.2. The highest BCUT2D eigenvalue weighted by Crippen LogP contribution is 2.24. The molecule has 0 amide bonds. The molecule has 4 rings (SSSR count). The van der Waals surface area contributed by atoms with Gasteiger partial charge in [-0.25, -0.2) is 9.98 Å². The predicted octanol–water partition coefficient (Wildman–Crippen LogP) is 5.77. The van der Waals surface area contributed by atoms with Gasteiger partial charge >= 0.3 is 0 Å². The van der Waals surface area contributed by atoms with E-state index in [0.717, 1.165) is 25.4 Å². The Hall–Kier alpha value is -3.03. The summed E-state index contributed by atoms with van der Waals surface area (Å²) in [5.74, 6) is 0.691. The number of para-hydroxylation sites is 1. The zero-order valence-electron chi connectivity index (χ0n) is 15.5. The lowest BCUT2D eigenvalue weighted by Gasteiger charge is -2.04. The number of nitrogens with one attached hydrogen (secondary N) is 1. The number of phenols is 1. The van der Waals surface area contributed by atoms with E-state index in [4.69, 9.17) is 4.99 Å². The third-order valence-corrected chi connectivity index (χ3v) is 5.67. The minimum absolute atomic E-state index is 0.149. The van der Waals surface area contributed by atoms with Gasteiger partial charge in [0.25, 0.3) is 0 Å². The van der Waals surface area contributed by atoms with Crippen LogP contribution in [0, 0.1) is 6.92 Å². The van der Waals surface area contributed by atoms with Gasteiger partial charge in [0, 0.05) is 10.0 Å². The average molecular weight is 465 g/mol. The van der Waals surface area contributed by atoms with Crippen molar-refractivity contribution >= 4 is 55.2 Å². The van der Waals surface area contributed by atoms with E-state index in [0.29, 0.717) is 11.4 Å². The van der Waals surface area contributed by atoms with Crippen LogP contribution < -0.4 is 5.43 Å². The second-order valence-electron chi connectivity index (χ2n) is 6.36. The Morgan fingerprint density at radius 2 is 1.90 bits per heavy atom. The third-order valence-electron chi connectivity index (χ3n) is 4.13. The van der Waals surface area contributed by atoms with Crippen LogP contribution in [0.4, 0.5) is 5.69 Å². The summed E-state index contributed by atoms with van der Waals surface area (Å²) in [6.07, 6.45) is 1.55. The van der Waals surface area contributed by atoms with E-state index in [1.165, 1.54) is 5.56 Å². The fourth-order valence-corrected chi connectivity index (χ4v) is 3.92. The minimum Gasteiger partial charge on any atom is -0.507 e. The van der Waals surface area contributed by atoms with Gasteiger partial charge in [-0.3, -0.25) is 5.43 Å². The van der Waals surface area contributed by atoms with Crippen LogP contribution in [0.3, 0.4) is 0 Å². The molecule has 1 aromatic heterocycles. The normalized spacial score (nSPS) is 12.0. The molecule has 3 aromatic carbocycles. The number of hydrazone groups is 1. The Balaban J connectivity index is 1.68. The number of phenolic OH excluding ortho intramolecular Hbond substituents is 1. The first kappa shape index (κ1) is 19.3. The van der Waals surface area contributed by atoms with Gasteiger partial charge in [-0.05, 0) is 49.4 Å². The maximum atomic E-state index is 9.99. The topological polar surface area (TPSA) is 69.9 Å². The van der Waals surface area contributed by atoms with E-state index in [-0.39, 0.29) is 5.75 Å². The number of aromatic hydroxyl groups is 1. The highest BCUT2D eigenvalue weighted by Gasteiger charge is 2.10. The van der Waals surface area contributed by atoms with E-state index in [1.54, 1.807) is 35.8 Å². The van der Waals surface area contributed by atoms with Crippen molar-refractivity contribution in [1.29, 1.82) is 0 Å². The van der Waals surface area contributed by atoms with Crippen molar-refractivity contribution in [3.05, 3.63) is 87.3 Å². The summed E-state index contributed by atoms with van der Waals surface area (Å²) < 4.78 is 1.94. The standard InChI is InChI=1S/C22H17BrN4OS/c1-14-6-9-17(10-7-14)25-21(22-26-18-4-2-3-5-20(18)29-22)27-24-13-15-12-16(23)8-11-19(15)28/h2-13,28H,1H3,(H,25,27)/b24-13+. The minimum atomic E-state index is 0.149. The molecular weight excluding hydrogens is 448 g/mol. The molecule has 0 fully saturated rings. The number of amidine groups is 1. The van der Waals surface area contributed by atoms with E-state index in [9.17, 15) is 5.11 Å². The van der Waals surface area contributed by atoms with Crippen molar-refractivity contribution in [3.63, 3.8) is 0 Å². The fourth-order valence-electron chi connectivity index (χ4n) is 2.63. The Morgan fingerprint density at radius 1 is 1.10 bits per heavy atom. The smallest absolute Gasteiger partial charge is 0.183 e. The van der Waals surface area contributed by atoms with Crippen LogP contribution in [0.2, 0.25) is 0 Å². The van der Waals surface area contributed by atoms with E-state index in [1.807, 2.05) is 55.5 Å². The summed E-state index contributed by atoms with van der Waals surface area (Å²) in [6.45, 7) is 2.04. The molecule has 1 heterocycles. The van der Waals surface area contributed by atoms with Crippen LogP contribution in [-0.4, -0.2) is 22.1 Å². The Kier molecular flexibility index (Phi) is 5.69. The summed E-state index contributed by atoms with van der Waals surface area (Å²) in [5, 5.41) is 15.0. The molecule has 0 aliphatic rings. The van der Waals surface area contributed by atoms with Crippen molar-refractivity contribution in [1.82, 2.24) is 10.4 Å². The van der Waals surface area contributed by atoms with Crippen molar-refractivity contribution in [3.8, 4) is 5.75 Å². The lowest BCUT2D eigenvalue weighted by molar-refractivity contribution is 0.474. The maximum Gasteiger partial charge on any atom is 0.183 e. The third kappa shape index (κ3) is 4.70. The number of aliphatic imine (C=N–C) groups is 1. The quantitative estimate of drug-likeness (QED) is 0.228. The molecular formula is C22H17BrN4OS. The number of benzene rings is 3. The SMILES string of the molecule is Cc1ccc(N=C(N/N=C/c2cc(Br)ccc2O)c2nc3ccccc3s2)cc1. The van der Waals surface area contributed by atoms with Crippen LogP contribution >= 0.6 is 27.3 Å². The molecule has 0 radical (unpaired) electrons. The van der Waals surface area contributed by atoms with Gasteiger partial charge in [-0.1, -0.05) is 45.8 Å². The second kappa shape index (κ2) is 8.55. The largest absolute Gasteiger partial charge is 0.507 e. The molecule has 0 spiro atoms. The van der Waals surface area contributed by atoms with Crippen molar-refractivity contribution in [2.24, 2.45) is 10.1 Å². The molecule has 0 bridgehead atoms. The first-order valence-electron chi connectivity index (χ1n) is 8.87. The summed E-state index contributed by atoms with van der Waals surface area (Å²) in [5.41, 5.74) is 6.47. The molecule has 0 aliphatic carbocycles. The van der Waals surface area contributed by atoms with E-state index < -0.39 is 0 Å². The van der Waals surface area contributed by atoms with E-state index in [2.05, 4.69) is 31.4 Å². The molecule has 0 unspecified atom stereocenters. The van der Waals surface area contributed by atoms with Crippen LogP contribution in [0.1, 0.15) is 16.1 Å². The van der Waals surface area contributed by atoms with Crippen LogP contribution in [0.5, 0.6) is 5.75 Å². The number of thiazole rings is 1. The molecule has 0 saturated heterocycles. The molecule has 0 atom stereocenters. The molecule has 0 aliphatic heterocycles. The number of halogens is 1. The summed E-state index contributed by atoms with van der Waals surface area (Å²) in [4.78, 5) is 9.38. The maximum absolute atomic E-state index is 9.99. The lowest BCUT2D eigenvalue weighted by Crippen LogP contribution is -2.18. The zero-order valence-corrected chi connectivity index (χ0v) is 17.9. The number of hydrogen-bond acceptors (Lipinski definition) is 5. The molecule has 144 valence electrons. The fraction of sp³-hybridized carbons (Fsp3) is 0.0455. The Morgan fingerprint density at radius 3 is 2.69 bits per heavy atom. The number of nitrogens with zero attached hydrogens (tertiary/aromatic N) is 3. The first-order chi connectivity index (χ1) is 14.1. The van der Waals surface area contributed by atoms with Gasteiger partial charge < -0.3 is 5.11 Å². The summed E-state index contributed by atoms with van der Waals surface area (Å²) in [7, 11) is 0. The molecule has 29 heavy (non-hydrogen) atoms. The van der Waals surface area contributed by atoms with Gasteiger partial charge in [-0.15, -0.1) is 11.3 Å². The molecule has 7 heteroatoms. The molecule has 2 N–H and O–H groups in total. The molecule has 5 nitrogen and oxygen atoms in total. The second-order valence-corrected chi connectivity index (χ2v) is 8.30. The van der Waals surface area contributed by atoms with Gasteiger partial charge in [0.15, 0.2) is 10.8 Å². The highest BCUT2D eigenvalue weighted by atomic mass is 79.9. The first-order valence-corrected chi connectivity index (χ1v) is 10.5. The average Bonchev–Trinajstić information content (AvgIpc) is 3.15. The Bertz CT molecular complexity index is 1180. The summed E-state index contributed by atoms with van der Waals surface area (Å²) in [6, 6.07) is 21.1. The van der Waals surface area contributed by atoms with Gasteiger partial charge in [-0.2, -0.15) is 5.10 Å². The van der Waals surface area contributed by atoms with Crippen molar-refractivity contribution in [2.75, 3.05) is 0 Å². The van der Waals surface area contributed by atoms with Crippen LogP contribution in [-0.2, 0) is 0 Å². The number of fused-ring (bicyclic) bond motifs is 1. The number of aryl methyl sites for hydroxylation is 1. The van der Waals surface area contributed by atoms with Crippen LogP contribution in [0.15, 0.2) is 81.3 Å². The predicted molar refractivity (Wildman–Crippen MR) is 124 cm³/mol. The van der Waals surface area contributed by atoms with E-state index >= 15 is 0 Å². The van der Waals surface area contributed by atoms with Crippen LogP contribution in [0.25, 0.3) is 10.2 Å². The number of aromatic nitrogens is 1. The van der Waals surface area contributed by atoms with Gasteiger partial charge in [0.1, 0.15) is 5.75 Å². The van der Waals surface area contributed by atoms with Crippen molar-refractivity contribution in [2.45, 2.75) is 6.92 Å². The lowest BCUT2D eigenvalue weighted by atomic mass is 10.2. The van der Waals surface area contributed by atoms with Crippen molar-refractivity contribution < 1.29 is 5.11 Å². The Labute approximate surface area is 180 Å². The number of rotatable bonds is 4. The molecule has 4 aromatic rings. The number of hydrogen-bond donors (Lipinski definition) is 2. The molecule has 0 saturated carbocycles. The highest BCUT2D eigenvalue weighted by molar-refractivity contribution is 9.10. The van der Waals surface area contributed by atoms with Gasteiger partial charge in [0.2, 0.25) is 0 Å². The monoisotopic (exact) mass is 464 g/mol.